The van der Waals surface area contributed by atoms with E-state index in [2.05, 4.69) is 47.8 Å². The molecule has 10 nitrogen and oxygen atoms in total. The summed E-state index contributed by atoms with van der Waals surface area (Å²) >= 11 is 0.888. The van der Waals surface area contributed by atoms with Crippen molar-refractivity contribution in [2.45, 2.75) is 19.4 Å². The van der Waals surface area contributed by atoms with Crippen LogP contribution in [0.3, 0.4) is 0 Å². The van der Waals surface area contributed by atoms with Gasteiger partial charge in [-0.15, -0.1) is 0 Å². The van der Waals surface area contributed by atoms with Gasteiger partial charge in [0.15, 0.2) is 0 Å². The van der Waals surface area contributed by atoms with Gasteiger partial charge in [0.2, 0.25) is 5.95 Å². The highest BCUT2D eigenvalue weighted by Gasteiger charge is 2.26. The number of benzene rings is 1. The van der Waals surface area contributed by atoms with Gasteiger partial charge in [-0.3, -0.25) is 20.0 Å². The number of piperidine rings is 1. The number of rotatable bonds is 7. The molecule has 0 atom stereocenters. The first-order valence-corrected chi connectivity index (χ1v) is 13.4. The number of amides is 2. The maximum absolute atomic E-state index is 11.8. The van der Waals surface area contributed by atoms with Crippen molar-refractivity contribution in [3.8, 4) is 11.4 Å². The Morgan fingerprint density at radius 2 is 1.95 bits per heavy atom. The van der Waals surface area contributed by atoms with Crippen LogP contribution in [0.25, 0.3) is 28.4 Å². The fourth-order valence-electron chi connectivity index (χ4n) is 4.81. The van der Waals surface area contributed by atoms with Crippen LogP contribution in [0.2, 0.25) is 0 Å². The minimum absolute atomic E-state index is 0.349. The van der Waals surface area contributed by atoms with Gasteiger partial charge in [0, 0.05) is 37.4 Å². The zero-order valence-corrected chi connectivity index (χ0v) is 21.4. The van der Waals surface area contributed by atoms with Gasteiger partial charge in [-0.2, -0.15) is 5.10 Å². The highest BCUT2D eigenvalue weighted by atomic mass is 32.2. The third-order valence-corrected chi connectivity index (χ3v) is 7.60. The van der Waals surface area contributed by atoms with E-state index in [9.17, 15) is 9.59 Å². The molecule has 0 bridgehead atoms. The third-order valence-electron chi connectivity index (χ3n) is 6.79. The van der Waals surface area contributed by atoms with Gasteiger partial charge in [-0.1, -0.05) is 18.2 Å². The van der Waals surface area contributed by atoms with Crippen molar-refractivity contribution >= 4 is 45.8 Å². The third kappa shape index (κ3) is 5.29. The zero-order valence-electron chi connectivity index (χ0n) is 20.6. The monoisotopic (exact) mass is 526 g/mol. The average Bonchev–Trinajstić information content (AvgIpc) is 3.58. The number of para-hydroxylation sites is 1. The number of H-pyrrole nitrogens is 1. The smallest absolute Gasteiger partial charge is 0.290 e. The van der Waals surface area contributed by atoms with Gasteiger partial charge < -0.3 is 10.2 Å². The summed E-state index contributed by atoms with van der Waals surface area (Å²) in [6.07, 6.45) is 7.12. The fourth-order valence-corrected chi connectivity index (χ4v) is 5.48. The maximum Gasteiger partial charge on any atom is 0.290 e. The number of anilines is 1. The van der Waals surface area contributed by atoms with E-state index in [1.54, 1.807) is 24.5 Å². The summed E-state index contributed by atoms with van der Waals surface area (Å²) < 4.78 is 0. The van der Waals surface area contributed by atoms with Crippen LogP contribution in [-0.4, -0.2) is 55.9 Å². The van der Waals surface area contributed by atoms with Crippen LogP contribution in [0.15, 0.2) is 59.8 Å². The topological polar surface area (TPSA) is 129 Å². The highest BCUT2D eigenvalue weighted by molar-refractivity contribution is 8.18. The molecule has 6 rings (SSSR count). The highest BCUT2D eigenvalue weighted by Crippen LogP contribution is 2.27. The number of carbonyl (C=O) groups excluding carboxylic acids is 2. The first-order valence-electron chi connectivity index (χ1n) is 12.5. The van der Waals surface area contributed by atoms with Crippen molar-refractivity contribution in [1.29, 1.82) is 0 Å². The average molecular weight is 527 g/mol. The van der Waals surface area contributed by atoms with Crippen LogP contribution in [0.4, 0.5) is 10.7 Å². The van der Waals surface area contributed by atoms with Gasteiger partial charge >= 0.3 is 0 Å². The van der Waals surface area contributed by atoms with E-state index in [0.29, 0.717) is 22.5 Å². The summed E-state index contributed by atoms with van der Waals surface area (Å²) in [6, 6.07) is 14.1. The number of nitrogens with one attached hydrogen (secondary N) is 3. The molecule has 0 saturated carbocycles. The van der Waals surface area contributed by atoms with Crippen LogP contribution in [0.1, 0.15) is 24.1 Å². The van der Waals surface area contributed by atoms with E-state index in [1.165, 1.54) is 0 Å². The van der Waals surface area contributed by atoms with Gasteiger partial charge in [-0.25, -0.2) is 15.0 Å². The molecule has 4 aromatic rings. The molecule has 3 aromatic heterocycles. The summed E-state index contributed by atoms with van der Waals surface area (Å²) in [5, 5.41) is 13.8. The molecule has 2 aliphatic rings. The molecule has 0 spiro atoms. The van der Waals surface area contributed by atoms with Crippen LogP contribution in [0.5, 0.6) is 0 Å². The van der Waals surface area contributed by atoms with Crippen molar-refractivity contribution < 1.29 is 9.59 Å². The number of hydrogen-bond acceptors (Lipinski definition) is 9. The number of aromatic amines is 1. The molecule has 0 unspecified atom stereocenters. The van der Waals surface area contributed by atoms with Crippen molar-refractivity contribution in [1.82, 2.24) is 35.8 Å². The lowest BCUT2D eigenvalue weighted by molar-refractivity contribution is -0.115. The molecular formula is C27H26N8O2S. The minimum Gasteiger partial charge on any atom is -0.341 e. The molecule has 11 heteroatoms. The number of pyridine rings is 1. The molecule has 3 N–H and O–H groups in total. The Kier molecular flexibility index (Phi) is 6.84. The number of nitrogens with zero attached hydrogens (tertiary/aromatic N) is 5. The van der Waals surface area contributed by atoms with Crippen LogP contribution in [0, 0.1) is 5.92 Å². The molecule has 192 valence electrons. The number of carbonyl (C=O) groups is 2. The SMILES string of the molecule is O=C1NC(=O)/C(=C/c2ccnc(N3CCC(CNCc4cc5ccccc5nc4-c4ccn[nH]4)CC3)n2)S1. The molecule has 2 aliphatic heterocycles. The first kappa shape index (κ1) is 24.3. The normalized spacial score (nSPS) is 17.5. The van der Waals surface area contributed by atoms with E-state index in [-0.39, 0.29) is 11.1 Å². The lowest BCUT2D eigenvalue weighted by atomic mass is 9.97. The summed E-state index contributed by atoms with van der Waals surface area (Å²) in [5.74, 6) is 0.807. The second kappa shape index (κ2) is 10.7. The van der Waals surface area contributed by atoms with E-state index < -0.39 is 0 Å². The number of thioether (sulfide) groups is 1. The maximum atomic E-state index is 11.8. The Bertz CT molecular complexity index is 1510. The number of hydrogen-bond donors (Lipinski definition) is 3. The van der Waals surface area contributed by atoms with Gasteiger partial charge in [0.25, 0.3) is 11.1 Å². The van der Waals surface area contributed by atoms with Gasteiger partial charge in [0.1, 0.15) is 0 Å². The van der Waals surface area contributed by atoms with Gasteiger partial charge in [0.05, 0.1) is 27.5 Å². The largest absolute Gasteiger partial charge is 0.341 e. The quantitative estimate of drug-likeness (QED) is 0.308. The zero-order chi connectivity index (χ0) is 25.9. The Hall–Kier alpha value is -4.09. The molecule has 2 amide bonds. The van der Waals surface area contributed by atoms with Crippen LogP contribution in [-0.2, 0) is 11.3 Å². The summed E-state index contributed by atoms with van der Waals surface area (Å²) in [6.45, 7) is 3.35. The van der Waals surface area contributed by atoms with Crippen LogP contribution >= 0.6 is 11.8 Å². The molecule has 2 saturated heterocycles. The van der Waals surface area contributed by atoms with Crippen molar-refractivity contribution in [3.63, 3.8) is 0 Å². The van der Waals surface area contributed by atoms with Crippen molar-refractivity contribution in [2.75, 3.05) is 24.5 Å². The molecule has 0 aliphatic carbocycles. The minimum atomic E-state index is -0.385. The summed E-state index contributed by atoms with van der Waals surface area (Å²) in [4.78, 5) is 39.7. The molecular weight excluding hydrogens is 500 g/mol. The molecule has 5 heterocycles. The predicted octanol–water partition coefficient (Wildman–Crippen LogP) is 3.75. The predicted molar refractivity (Wildman–Crippen MR) is 147 cm³/mol. The Morgan fingerprint density at radius 1 is 1.08 bits per heavy atom. The molecule has 0 radical (unpaired) electrons. The van der Waals surface area contributed by atoms with Gasteiger partial charge in [-0.05, 0) is 73.0 Å². The lowest BCUT2D eigenvalue weighted by Gasteiger charge is -2.32. The Labute approximate surface area is 223 Å². The second-order valence-corrected chi connectivity index (χ2v) is 10.4. The Balaban J connectivity index is 1.06. The van der Waals surface area contributed by atoms with E-state index in [4.69, 9.17) is 4.98 Å². The number of fused-ring (bicyclic) bond motifs is 1. The van der Waals surface area contributed by atoms with Crippen LogP contribution < -0.4 is 15.5 Å². The van der Waals surface area contributed by atoms with E-state index in [1.807, 2.05) is 24.3 Å². The second-order valence-electron chi connectivity index (χ2n) is 9.35. The lowest BCUT2D eigenvalue weighted by Crippen LogP contribution is -2.38. The van der Waals surface area contributed by atoms with Crippen molar-refractivity contribution in [2.24, 2.45) is 5.92 Å². The Morgan fingerprint density at radius 3 is 2.74 bits per heavy atom. The number of imide groups is 1. The first-order chi connectivity index (χ1) is 18.6. The van der Waals surface area contributed by atoms with Crippen molar-refractivity contribution in [3.05, 3.63) is 71.0 Å². The van der Waals surface area contributed by atoms with E-state index >= 15 is 0 Å². The van der Waals surface area contributed by atoms with E-state index in [0.717, 1.165) is 78.6 Å². The summed E-state index contributed by atoms with van der Waals surface area (Å²) in [5.41, 5.74) is 4.56. The molecule has 2 fully saturated rings. The summed E-state index contributed by atoms with van der Waals surface area (Å²) in [7, 11) is 0. The molecule has 1 aromatic carbocycles. The fraction of sp³-hybridized carbons (Fsp3) is 0.259. The molecule has 38 heavy (non-hydrogen) atoms. The standard InChI is InChI=1S/C27H26N8O2S/c36-25-23(38-27(37)33-25)14-20-5-9-29-26(31-20)35-11-7-17(8-12-35)15-28-16-19-13-18-3-1-2-4-21(18)32-24(19)22-6-10-30-34-22/h1-6,9-10,13-14,17,28H,7-8,11-12,15-16H2,(H,30,34)(H,33,36,37)/b23-14-. The number of aromatic nitrogens is 5.